The topological polar surface area (TPSA) is 128 Å². The molecule has 1 N–H and O–H groups in total. The molecule has 5 heterocycles. The number of rotatable bonds is 7. The van der Waals surface area contributed by atoms with Gasteiger partial charge in [-0.2, -0.15) is 0 Å². The summed E-state index contributed by atoms with van der Waals surface area (Å²) in [7, 11) is 0. The van der Waals surface area contributed by atoms with Gasteiger partial charge in [0.2, 0.25) is 0 Å². The number of nitrogens with zero attached hydrogens (tertiary/aromatic N) is 7. The molecule has 0 aliphatic rings. The van der Waals surface area contributed by atoms with Crippen LogP contribution < -0.4 is 0 Å². The molecule has 78 heavy (non-hydrogen) atoms. The molecule has 0 saturated heterocycles. The van der Waals surface area contributed by atoms with E-state index in [0.717, 1.165) is 121 Å². The molecule has 0 atom stereocenters. The van der Waals surface area contributed by atoms with Crippen LogP contribution in [0.2, 0.25) is 0 Å². The molecule has 9 nitrogen and oxygen atoms in total. The van der Waals surface area contributed by atoms with Crippen molar-refractivity contribution in [1.29, 1.82) is 0 Å². The second-order valence-corrected chi connectivity index (χ2v) is 18.3. The standard InChI is InChI=1S/2C31H18N3.C6H5NO2.Ir/c2*1-4-10-20(11-5-1)29-23-16-18-25-28-26(33-31(32-25)22-14-8-3-9-15-22)19-17-24(27(23)28)30(34-29)21-12-6-2-7-13-21;8-6(9)5-3-1-2-4-7-5;/h2*1-14,16-19H;1-4H,(H,8,9);/q2*-1;;. The number of carboxylic acid groups (broad SMARTS) is 1. The van der Waals surface area contributed by atoms with Crippen LogP contribution in [-0.2, 0) is 20.1 Å². The Morgan fingerprint density at radius 2 is 0.654 bits per heavy atom. The fourth-order valence-electron chi connectivity index (χ4n) is 10.1. The first-order valence-electron chi connectivity index (χ1n) is 25.1. The molecular formula is C68H41IrN7O2-2. The summed E-state index contributed by atoms with van der Waals surface area (Å²) in [6, 6.07) is 85.5. The van der Waals surface area contributed by atoms with Gasteiger partial charge in [-0.05, 0) is 36.4 Å². The van der Waals surface area contributed by atoms with Crippen LogP contribution in [0, 0.1) is 12.1 Å². The minimum atomic E-state index is -0.990. The monoisotopic (exact) mass is 1180 g/mol. The molecule has 0 amide bonds. The smallest absolute Gasteiger partial charge is 0.354 e. The Morgan fingerprint density at radius 1 is 0.333 bits per heavy atom. The molecule has 0 aliphatic heterocycles. The maximum atomic E-state index is 10.1. The van der Waals surface area contributed by atoms with E-state index in [9.17, 15) is 4.79 Å². The summed E-state index contributed by atoms with van der Waals surface area (Å²) in [6.45, 7) is 0. The zero-order valence-electron chi connectivity index (χ0n) is 41.4. The average molecular weight is 1180 g/mol. The summed E-state index contributed by atoms with van der Waals surface area (Å²) in [5.41, 5.74) is 13.9. The first kappa shape index (κ1) is 48.9. The van der Waals surface area contributed by atoms with Gasteiger partial charge in [-0.25, -0.2) is 19.7 Å². The predicted molar refractivity (Wildman–Crippen MR) is 309 cm³/mol. The Labute approximate surface area is 461 Å². The number of aromatic carboxylic acids is 1. The number of hydrogen-bond donors (Lipinski definition) is 1. The molecule has 15 aromatic rings. The van der Waals surface area contributed by atoms with Gasteiger partial charge in [0, 0.05) is 91.6 Å². The van der Waals surface area contributed by atoms with Crippen LogP contribution in [0.3, 0.4) is 0 Å². The van der Waals surface area contributed by atoms with Gasteiger partial charge in [-0.3, -0.25) is 19.9 Å². The van der Waals surface area contributed by atoms with Crippen molar-refractivity contribution in [2.45, 2.75) is 0 Å². The van der Waals surface area contributed by atoms with E-state index in [1.54, 1.807) is 12.1 Å². The minimum absolute atomic E-state index is 0. The first-order valence-corrected chi connectivity index (χ1v) is 25.1. The normalized spacial score (nSPS) is 11.1. The molecule has 0 unspecified atom stereocenters. The summed E-state index contributed by atoms with van der Waals surface area (Å²) in [5.74, 6) is 0.392. The number of carbonyl (C=O) groups is 1. The molecule has 0 spiro atoms. The third kappa shape index (κ3) is 9.21. The number of carboxylic acids is 1. The second kappa shape index (κ2) is 21.3. The number of aromatic nitrogens is 7. The van der Waals surface area contributed by atoms with Crippen molar-refractivity contribution in [1.82, 2.24) is 34.9 Å². The Hall–Kier alpha value is -9.99. The maximum absolute atomic E-state index is 10.1. The average Bonchev–Trinajstić information content (AvgIpc) is 3.66. The molecule has 1 radical (unpaired) electrons. The molecule has 371 valence electrons. The van der Waals surface area contributed by atoms with Crippen molar-refractivity contribution in [3.8, 4) is 67.8 Å². The summed E-state index contributed by atoms with van der Waals surface area (Å²) in [6.07, 6.45) is 1.45. The van der Waals surface area contributed by atoms with Crippen LogP contribution in [-0.4, -0.2) is 46.0 Å². The van der Waals surface area contributed by atoms with Gasteiger partial charge in [-0.1, -0.05) is 152 Å². The molecule has 0 fully saturated rings. The predicted octanol–water partition coefficient (Wildman–Crippen LogP) is 15.9. The van der Waals surface area contributed by atoms with Gasteiger partial charge in [0.1, 0.15) is 5.69 Å². The van der Waals surface area contributed by atoms with Crippen LogP contribution >= 0.6 is 0 Å². The molecule has 5 aromatic heterocycles. The van der Waals surface area contributed by atoms with E-state index in [2.05, 4.69) is 163 Å². The zero-order valence-corrected chi connectivity index (χ0v) is 43.8. The molecule has 0 saturated carbocycles. The number of hydrogen-bond acceptors (Lipinski definition) is 8. The van der Waals surface area contributed by atoms with Gasteiger partial charge in [-0.15, -0.1) is 71.8 Å². The largest absolute Gasteiger partial charge is 0.477 e. The summed E-state index contributed by atoms with van der Waals surface area (Å²) in [5, 5.41) is 17.2. The first-order chi connectivity index (χ1) is 38.0. The van der Waals surface area contributed by atoms with E-state index in [1.807, 2.05) is 72.8 Å². The van der Waals surface area contributed by atoms with Crippen LogP contribution in [0.15, 0.2) is 243 Å². The molecule has 0 bridgehead atoms. The number of benzene rings is 10. The van der Waals surface area contributed by atoms with Gasteiger partial charge in [0.05, 0.1) is 56.5 Å². The van der Waals surface area contributed by atoms with E-state index in [0.29, 0.717) is 11.6 Å². The van der Waals surface area contributed by atoms with Crippen molar-refractivity contribution in [2.24, 2.45) is 0 Å². The Balaban J connectivity index is 0.000000133. The quantitative estimate of drug-likeness (QED) is 0.123. The zero-order chi connectivity index (χ0) is 51.7. The third-order valence-electron chi connectivity index (χ3n) is 13.6. The Kier molecular flexibility index (Phi) is 13.4. The molecule has 10 heteroatoms. The van der Waals surface area contributed by atoms with E-state index < -0.39 is 5.97 Å². The fraction of sp³-hybridized carbons (Fsp3) is 0. The Morgan fingerprint density at radius 3 is 0.923 bits per heavy atom. The van der Waals surface area contributed by atoms with Crippen molar-refractivity contribution < 1.29 is 30.0 Å². The van der Waals surface area contributed by atoms with E-state index >= 15 is 0 Å². The molecule has 0 aliphatic carbocycles. The van der Waals surface area contributed by atoms with Crippen LogP contribution in [0.4, 0.5) is 0 Å². The van der Waals surface area contributed by atoms with Crippen molar-refractivity contribution in [3.63, 3.8) is 0 Å². The third-order valence-corrected chi connectivity index (χ3v) is 13.6. The van der Waals surface area contributed by atoms with Gasteiger partial charge in [0.25, 0.3) is 0 Å². The van der Waals surface area contributed by atoms with E-state index in [-0.39, 0.29) is 25.8 Å². The van der Waals surface area contributed by atoms with Crippen molar-refractivity contribution in [2.75, 3.05) is 0 Å². The minimum Gasteiger partial charge on any atom is -0.477 e. The number of pyridine rings is 3. The van der Waals surface area contributed by atoms with Gasteiger partial charge in [0.15, 0.2) is 0 Å². The second-order valence-electron chi connectivity index (χ2n) is 18.3. The van der Waals surface area contributed by atoms with Crippen LogP contribution in [0.5, 0.6) is 0 Å². The van der Waals surface area contributed by atoms with Crippen molar-refractivity contribution >= 4 is 71.1 Å². The molecule has 10 aromatic carbocycles. The van der Waals surface area contributed by atoms with Gasteiger partial charge >= 0.3 is 5.97 Å². The fourth-order valence-corrected chi connectivity index (χ4v) is 10.1. The summed E-state index contributed by atoms with van der Waals surface area (Å²) >= 11 is 0. The maximum Gasteiger partial charge on any atom is 0.354 e. The Bertz CT molecular complexity index is 4080. The summed E-state index contributed by atoms with van der Waals surface area (Å²) in [4.78, 5) is 43.9. The van der Waals surface area contributed by atoms with E-state index in [4.69, 9.17) is 35.0 Å². The van der Waals surface area contributed by atoms with Crippen molar-refractivity contribution in [3.05, 3.63) is 261 Å². The van der Waals surface area contributed by atoms with Crippen LogP contribution in [0.1, 0.15) is 10.5 Å². The summed E-state index contributed by atoms with van der Waals surface area (Å²) < 4.78 is 0. The molecular weight excluding hydrogens is 1140 g/mol. The van der Waals surface area contributed by atoms with Gasteiger partial charge < -0.3 is 5.11 Å². The van der Waals surface area contributed by atoms with E-state index in [1.165, 1.54) is 12.3 Å². The van der Waals surface area contributed by atoms with Crippen LogP contribution in [0.25, 0.3) is 133 Å². The molecule has 15 rings (SSSR count). The SMILES string of the molecule is O=C(O)c1ccccn1.[Ir].[c-]1ccccc1-c1nc2ccc3c(-c4ccccc4)nc(-c4ccccc4)c4ccc(n1)c2c34.[c-]1ccccc1-c1nc2ccc3c(-c4ccccc4)nc(-c4ccccc4)c4ccc(n1)c2c34.